The molecule has 3 N–H and O–H groups in total. The van der Waals surface area contributed by atoms with Gasteiger partial charge in [-0.05, 0) is 44.5 Å². The van der Waals surface area contributed by atoms with E-state index in [4.69, 9.17) is 0 Å². The monoisotopic (exact) mass is 444 g/mol. The van der Waals surface area contributed by atoms with Crippen LogP contribution in [0.25, 0.3) is 33.0 Å². The zero-order valence-corrected chi connectivity index (χ0v) is 18.8. The second-order valence-electron chi connectivity index (χ2n) is 7.86. The molecule has 0 spiro atoms. The lowest BCUT2D eigenvalue weighted by molar-refractivity contribution is -0.122. The SMILES string of the molecule is CNCCCn1cc(C2=C(c3c[nH]c4ccccc34)C(=O)NC2=O)c2ccc(SC)cc21. The Morgan fingerprint density at radius 2 is 1.78 bits per heavy atom. The van der Waals surface area contributed by atoms with E-state index < -0.39 is 0 Å². The van der Waals surface area contributed by atoms with Crippen LogP contribution >= 0.6 is 11.8 Å². The number of amides is 2. The number of fused-ring (bicyclic) bond motifs is 2. The molecule has 0 radical (unpaired) electrons. The van der Waals surface area contributed by atoms with Gasteiger partial charge in [-0.15, -0.1) is 11.8 Å². The highest BCUT2D eigenvalue weighted by Crippen LogP contribution is 2.39. The van der Waals surface area contributed by atoms with Crippen molar-refractivity contribution in [2.24, 2.45) is 0 Å². The Labute approximate surface area is 190 Å². The van der Waals surface area contributed by atoms with Crippen LogP contribution in [-0.4, -0.2) is 41.2 Å². The number of aromatic amines is 1. The highest BCUT2D eigenvalue weighted by atomic mass is 32.2. The van der Waals surface area contributed by atoms with Crippen LogP contribution in [0.1, 0.15) is 17.5 Å². The van der Waals surface area contributed by atoms with Crippen LogP contribution < -0.4 is 10.6 Å². The third kappa shape index (κ3) is 3.34. The second-order valence-corrected chi connectivity index (χ2v) is 8.74. The molecule has 0 bridgehead atoms. The molecule has 0 fully saturated rings. The molecule has 162 valence electrons. The number of rotatable bonds is 7. The minimum Gasteiger partial charge on any atom is -0.361 e. The van der Waals surface area contributed by atoms with Crippen LogP contribution in [-0.2, 0) is 16.1 Å². The summed E-state index contributed by atoms with van der Waals surface area (Å²) < 4.78 is 2.19. The molecule has 0 saturated carbocycles. The van der Waals surface area contributed by atoms with Crippen molar-refractivity contribution in [2.75, 3.05) is 19.8 Å². The molecule has 0 atom stereocenters. The van der Waals surface area contributed by atoms with E-state index >= 15 is 0 Å². The van der Waals surface area contributed by atoms with Gasteiger partial charge in [-0.2, -0.15) is 0 Å². The predicted octanol–water partition coefficient (Wildman–Crippen LogP) is 4.02. The van der Waals surface area contributed by atoms with Gasteiger partial charge < -0.3 is 14.9 Å². The van der Waals surface area contributed by atoms with Gasteiger partial charge in [0.05, 0.1) is 11.1 Å². The zero-order chi connectivity index (χ0) is 22.2. The summed E-state index contributed by atoms with van der Waals surface area (Å²) in [6.45, 7) is 1.72. The summed E-state index contributed by atoms with van der Waals surface area (Å²) in [6.07, 6.45) is 6.85. The lowest BCUT2D eigenvalue weighted by Crippen LogP contribution is -2.22. The van der Waals surface area contributed by atoms with Crippen LogP contribution in [0.4, 0.5) is 0 Å². The Hall–Kier alpha value is -3.29. The summed E-state index contributed by atoms with van der Waals surface area (Å²) in [7, 11) is 1.94. The van der Waals surface area contributed by atoms with E-state index in [0.29, 0.717) is 11.1 Å². The lowest BCUT2D eigenvalue weighted by Gasteiger charge is -2.06. The first-order chi connectivity index (χ1) is 15.6. The number of para-hydroxylation sites is 1. The van der Waals surface area contributed by atoms with Crippen LogP contribution in [0.3, 0.4) is 0 Å². The molecule has 1 aliphatic rings. The average Bonchev–Trinajstić information content (AvgIpc) is 3.46. The smallest absolute Gasteiger partial charge is 0.259 e. The third-order valence-electron chi connectivity index (χ3n) is 5.97. The van der Waals surface area contributed by atoms with Gasteiger partial charge in [0.2, 0.25) is 0 Å². The number of aromatic nitrogens is 2. The first-order valence-electron chi connectivity index (χ1n) is 10.6. The number of imide groups is 1. The molecule has 7 heteroatoms. The number of nitrogens with zero attached hydrogens (tertiary/aromatic N) is 1. The fourth-order valence-corrected chi connectivity index (χ4v) is 4.89. The molecule has 2 amide bonds. The molecule has 0 saturated heterocycles. The van der Waals surface area contributed by atoms with Gasteiger partial charge >= 0.3 is 0 Å². The minimum absolute atomic E-state index is 0.349. The van der Waals surface area contributed by atoms with Crippen LogP contribution in [0, 0.1) is 0 Å². The van der Waals surface area contributed by atoms with Crippen molar-refractivity contribution in [3.63, 3.8) is 0 Å². The van der Waals surface area contributed by atoms with Crippen molar-refractivity contribution in [1.29, 1.82) is 0 Å². The molecule has 0 unspecified atom stereocenters. The van der Waals surface area contributed by atoms with Crippen LogP contribution in [0.2, 0.25) is 0 Å². The number of carbonyl (C=O) groups excluding carboxylic acids is 2. The molecular weight excluding hydrogens is 420 g/mol. The minimum atomic E-state index is -0.355. The standard InChI is InChI=1S/C25H24N4O2S/c1-26-10-5-11-29-14-19(17-9-8-15(32-2)12-21(17)29)23-22(24(30)28-25(23)31)18-13-27-20-7-4-3-6-16(18)20/h3-4,6-9,12-14,26-27H,5,10-11H2,1-2H3,(H,28,30,31). The first-order valence-corrected chi connectivity index (χ1v) is 11.8. The highest BCUT2D eigenvalue weighted by molar-refractivity contribution is 7.98. The molecule has 5 rings (SSSR count). The second kappa shape index (κ2) is 8.33. The largest absolute Gasteiger partial charge is 0.361 e. The van der Waals surface area contributed by atoms with Crippen molar-refractivity contribution in [3.05, 3.63) is 66.0 Å². The number of thioether (sulfide) groups is 1. The summed E-state index contributed by atoms with van der Waals surface area (Å²) in [5.74, 6) is -0.704. The summed E-state index contributed by atoms with van der Waals surface area (Å²) in [4.78, 5) is 30.4. The van der Waals surface area contributed by atoms with Crippen molar-refractivity contribution in [3.8, 4) is 0 Å². The van der Waals surface area contributed by atoms with Gasteiger partial charge in [-0.25, -0.2) is 0 Å². The number of carbonyl (C=O) groups is 2. The predicted molar refractivity (Wildman–Crippen MR) is 131 cm³/mol. The van der Waals surface area contributed by atoms with E-state index in [-0.39, 0.29) is 11.8 Å². The van der Waals surface area contributed by atoms with Crippen LogP contribution in [0.15, 0.2) is 59.8 Å². The molecule has 0 aliphatic carbocycles. The average molecular weight is 445 g/mol. The molecule has 32 heavy (non-hydrogen) atoms. The van der Waals surface area contributed by atoms with Crippen LogP contribution in [0.5, 0.6) is 0 Å². The molecule has 2 aromatic heterocycles. The molecule has 2 aromatic carbocycles. The fraction of sp³-hybridized carbons (Fsp3) is 0.200. The normalized spacial score (nSPS) is 14.2. The van der Waals surface area contributed by atoms with Crippen molar-refractivity contribution in [2.45, 2.75) is 17.9 Å². The van der Waals surface area contributed by atoms with E-state index in [1.54, 1.807) is 11.8 Å². The van der Waals surface area contributed by atoms with Gasteiger partial charge in [0.1, 0.15) is 0 Å². The molecule has 1 aliphatic heterocycles. The van der Waals surface area contributed by atoms with E-state index in [0.717, 1.165) is 57.3 Å². The van der Waals surface area contributed by atoms with Gasteiger partial charge in [0, 0.05) is 56.8 Å². The van der Waals surface area contributed by atoms with Crippen molar-refractivity contribution >= 4 is 56.5 Å². The quantitative estimate of drug-likeness (QED) is 0.229. The number of benzene rings is 2. The fourth-order valence-electron chi connectivity index (χ4n) is 4.46. The Morgan fingerprint density at radius 1 is 1.00 bits per heavy atom. The maximum Gasteiger partial charge on any atom is 0.259 e. The summed E-state index contributed by atoms with van der Waals surface area (Å²) >= 11 is 1.69. The van der Waals surface area contributed by atoms with Gasteiger partial charge in [0.15, 0.2) is 0 Å². The maximum absolute atomic E-state index is 13.0. The molecule has 6 nitrogen and oxygen atoms in total. The summed E-state index contributed by atoms with van der Waals surface area (Å²) in [5, 5.41) is 7.61. The van der Waals surface area contributed by atoms with Gasteiger partial charge in [0.25, 0.3) is 11.8 Å². The van der Waals surface area contributed by atoms with E-state index in [9.17, 15) is 9.59 Å². The highest BCUT2D eigenvalue weighted by Gasteiger charge is 2.35. The lowest BCUT2D eigenvalue weighted by atomic mass is 9.95. The Bertz CT molecular complexity index is 1400. The van der Waals surface area contributed by atoms with E-state index in [1.165, 1.54) is 0 Å². The summed E-state index contributed by atoms with van der Waals surface area (Å²) in [6, 6.07) is 14.1. The first kappa shape index (κ1) is 20.6. The van der Waals surface area contributed by atoms with Crippen molar-refractivity contribution < 1.29 is 9.59 Å². The Morgan fingerprint density at radius 3 is 2.56 bits per heavy atom. The van der Waals surface area contributed by atoms with E-state index in [1.807, 2.05) is 43.7 Å². The number of aryl methyl sites for hydroxylation is 1. The number of hydrogen-bond donors (Lipinski definition) is 3. The maximum atomic E-state index is 13.0. The van der Waals surface area contributed by atoms with Crippen molar-refractivity contribution in [1.82, 2.24) is 20.2 Å². The molecule has 3 heterocycles. The topological polar surface area (TPSA) is 78.9 Å². The molecular formula is C25H24N4O2S. The number of nitrogens with one attached hydrogen (secondary N) is 3. The number of hydrogen-bond acceptors (Lipinski definition) is 4. The number of H-pyrrole nitrogens is 1. The van der Waals surface area contributed by atoms with Gasteiger partial charge in [-0.1, -0.05) is 24.3 Å². The summed E-state index contributed by atoms with van der Waals surface area (Å²) in [5.41, 5.74) is 4.41. The Balaban J connectivity index is 1.75. The third-order valence-corrected chi connectivity index (χ3v) is 6.70. The van der Waals surface area contributed by atoms with E-state index in [2.05, 4.69) is 44.6 Å². The zero-order valence-electron chi connectivity index (χ0n) is 18.0. The molecule has 4 aromatic rings. The Kier molecular flexibility index (Phi) is 5.36. The van der Waals surface area contributed by atoms with Gasteiger partial charge in [-0.3, -0.25) is 14.9 Å².